The zero-order valence-corrected chi connectivity index (χ0v) is 14.7. The van der Waals surface area contributed by atoms with Crippen molar-refractivity contribution in [1.82, 2.24) is 4.90 Å². The van der Waals surface area contributed by atoms with Gasteiger partial charge < -0.3 is 9.64 Å². The van der Waals surface area contributed by atoms with Crippen LogP contribution in [0.15, 0.2) is 30.3 Å². The third-order valence-corrected chi connectivity index (χ3v) is 4.45. The molecule has 0 radical (unpaired) electrons. The number of carbonyl (C=O) groups excluding carboxylic acids is 2. The van der Waals surface area contributed by atoms with Gasteiger partial charge in [-0.15, -0.1) is 0 Å². The summed E-state index contributed by atoms with van der Waals surface area (Å²) in [5.41, 5.74) is 0.767. The fraction of sp³-hybridized carbons (Fsp3) is 0.500. The molecule has 5 heteroatoms. The lowest BCUT2D eigenvalue weighted by Crippen LogP contribution is -2.42. The van der Waals surface area contributed by atoms with E-state index in [-0.39, 0.29) is 30.2 Å². The summed E-state index contributed by atoms with van der Waals surface area (Å²) in [6.07, 6.45) is 8.75. The van der Waals surface area contributed by atoms with Crippen molar-refractivity contribution in [3.05, 3.63) is 41.7 Å². The summed E-state index contributed by atoms with van der Waals surface area (Å²) in [4.78, 5) is 26.1. The maximum Gasteiger partial charge on any atom is 0.307 e. The summed E-state index contributed by atoms with van der Waals surface area (Å²) >= 11 is 0. The van der Waals surface area contributed by atoms with E-state index in [1.54, 1.807) is 30.0 Å². The Kier molecular flexibility index (Phi) is 7.64. The molecule has 0 heterocycles. The number of amides is 1. The number of benzene rings is 1. The van der Waals surface area contributed by atoms with Crippen LogP contribution in [-0.2, 0) is 14.3 Å². The number of nitrogens with zero attached hydrogens (tertiary/aromatic N) is 1. The van der Waals surface area contributed by atoms with Crippen LogP contribution in [0.2, 0.25) is 0 Å². The van der Waals surface area contributed by atoms with Crippen molar-refractivity contribution in [2.45, 2.75) is 51.5 Å². The van der Waals surface area contributed by atoms with Crippen LogP contribution in [-0.4, -0.2) is 36.0 Å². The molecule has 0 unspecified atom stereocenters. The van der Waals surface area contributed by atoms with E-state index in [0.29, 0.717) is 13.2 Å². The Morgan fingerprint density at radius 3 is 2.52 bits per heavy atom. The fourth-order valence-electron chi connectivity index (χ4n) is 3.15. The van der Waals surface area contributed by atoms with Crippen LogP contribution in [0.1, 0.15) is 51.0 Å². The monoisotopic (exact) mass is 347 g/mol. The van der Waals surface area contributed by atoms with Gasteiger partial charge >= 0.3 is 5.97 Å². The van der Waals surface area contributed by atoms with Crippen molar-refractivity contribution in [1.29, 1.82) is 0 Å². The van der Waals surface area contributed by atoms with Crippen molar-refractivity contribution in [2.24, 2.45) is 0 Å². The summed E-state index contributed by atoms with van der Waals surface area (Å²) in [6, 6.07) is 6.16. The predicted molar refractivity (Wildman–Crippen MR) is 95.3 cm³/mol. The van der Waals surface area contributed by atoms with Gasteiger partial charge in [0.25, 0.3) is 0 Å². The molecule has 0 aromatic heterocycles. The molecule has 0 spiro atoms. The highest BCUT2D eigenvalue weighted by Gasteiger charge is 2.24. The highest BCUT2D eigenvalue weighted by molar-refractivity contribution is 5.92. The van der Waals surface area contributed by atoms with Gasteiger partial charge in [-0.25, -0.2) is 4.39 Å². The first-order valence-corrected chi connectivity index (χ1v) is 9.00. The number of carbonyl (C=O) groups is 2. The first-order valence-electron chi connectivity index (χ1n) is 9.00. The molecule has 0 aliphatic heterocycles. The Labute approximate surface area is 148 Å². The minimum absolute atomic E-state index is 0.111. The molecule has 1 amide bonds. The van der Waals surface area contributed by atoms with E-state index in [1.807, 2.05) is 0 Å². The molecule has 2 rings (SSSR count). The smallest absolute Gasteiger partial charge is 0.307 e. The molecule has 0 bridgehead atoms. The lowest BCUT2D eigenvalue weighted by Gasteiger charge is -2.33. The molecule has 0 atom stereocenters. The molecule has 0 N–H and O–H groups in total. The highest BCUT2D eigenvalue weighted by Crippen LogP contribution is 2.23. The molecule has 1 aromatic rings. The van der Waals surface area contributed by atoms with Crippen LogP contribution < -0.4 is 0 Å². The van der Waals surface area contributed by atoms with Crippen molar-refractivity contribution in [3.8, 4) is 0 Å². The van der Waals surface area contributed by atoms with Crippen LogP contribution >= 0.6 is 0 Å². The van der Waals surface area contributed by atoms with Crippen molar-refractivity contribution < 1.29 is 18.7 Å². The van der Waals surface area contributed by atoms with E-state index in [1.165, 1.54) is 24.6 Å². The van der Waals surface area contributed by atoms with Crippen molar-refractivity contribution in [3.63, 3.8) is 0 Å². The second-order valence-electron chi connectivity index (χ2n) is 6.26. The average Bonchev–Trinajstić information content (AvgIpc) is 2.62. The molecular formula is C20H26FNO3. The van der Waals surface area contributed by atoms with Crippen LogP contribution in [0.5, 0.6) is 0 Å². The van der Waals surface area contributed by atoms with Crippen molar-refractivity contribution >= 4 is 18.0 Å². The second-order valence-corrected chi connectivity index (χ2v) is 6.26. The van der Waals surface area contributed by atoms with E-state index in [9.17, 15) is 14.0 Å². The second kappa shape index (κ2) is 9.97. The van der Waals surface area contributed by atoms with E-state index in [0.717, 1.165) is 31.2 Å². The van der Waals surface area contributed by atoms with Gasteiger partial charge in [0.1, 0.15) is 5.82 Å². The van der Waals surface area contributed by atoms with E-state index in [4.69, 9.17) is 4.74 Å². The zero-order chi connectivity index (χ0) is 18.1. The average molecular weight is 347 g/mol. The van der Waals surface area contributed by atoms with Gasteiger partial charge in [0.05, 0.1) is 13.0 Å². The molecule has 1 aromatic carbocycles. The Balaban J connectivity index is 2.02. The predicted octanol–water partition coefficient (Wildman–Crippen LogP) is 3.95. The molecule has 1 aliphatic rings. The summed E-state index contributed by atoms with van der Waals surface area (Å²) in [6.45, 7) is 2.49. The lowest BCUT2D eigenvalue weighted by atomic mass is 9.94. The van der Waals surface area contributed by atoms with Gasteiger partial charge in [-0.2, -0.15) is 0 Å². The number of hydrogen-bond donors (Lipinski definition) is 0. The van der Waals surface area contributed by atoms with Crippen molar-refractivity contribution in [2.75, 3.05) is 13.2 Å². The standard InChI is InChI=1S/C20H26FNO3/c1-2-25-20(24)14-15-22(18-6-4-3-5-7-18)19(23)13-10-16-8-11-17(21)12-9-16/h8-13,18H,2-7,14-15H2,1H3/b13-10+. The summed E-state index contributed by atoms with van der Waals surface area (Å²) in [5, 5.41) is 0. The van der Waals surface area contributed by atoms with Gasteiger partial charge in [-0.1, -0.05) is 31.4 Å². The van der Waals surface area contributed by atoms with Gasteiger partial charge in [-0.3, -0.25) is 9.59 Å². The molecule has 25 heavy (non-hydrogen) atoms. The highest BCUT2D eigenvalue weighted by atomic mass is 19.1. The Morgan fingerprint density at radius 2 is 1.88 bits per heavy atom. The molecular weight excluding hydrogens is 321 g/mol. The number of rotatable bonds is 7. The Hall–Kier alpha value is -2.17. The SMILES string of the molecule is CCOC(=O)CCN(C(=O)/C=C/c1ccc(F)cc1)C1CCCCC1. The molecule has 1 aliphatic carbocycles. The molecule has 1 fully saturated rings. The Bertz CT molecular complexity index is 591. The molecule has 0 saturated heterocycles. The molecule has 4 nitrogen and oxygen atoms in total. The normalized spacial score (nSPS) is 15.3. The third-order valence-electron chi connectivity index (χ3n) is 4.45. The topological polar surface area (TPSA) is 46.6 Å². The van der Waals surface area contributed by atoms with Gasteiger partial charge in [0.15, 0.2) is 0 Å². The van der Waals surface area contributed by atoms with Crippen LogP contribution in [0, 0.1) is 5.82 Å². The van der Waals surface area contributed by atoms with Crippen LogP contribution in [0.4, 0.5) is 4.39 Å². The fourth-order valence-corrected chi connectivity index (χ4v) is 3.15. The van der Waals surface area contributed by atoms with Gasteiger partial charge in [0.2, 0.25) is 5.91 Å². The number of halogens is 1. The largest absolute Gasteiger partial charge is 0.466 e. The maximum atomic E-state index is 13.0. The van der Waals surface area contributed by atoms with Crippen LogP contribution in [0.25, 0.3) is 6.08 Å². The molecule has 1 saturated carbocycles. The third kappa shape index (κ3) is 6.33. The number of esters is 1. The molecule has 136 valence electrons. The minimum atomic E-state index is -0.304. The van der Waals surface area contributed by atoms with E-state index in [2.05, 4.69) is 0 Å². The summed E-state index contributed by atoms with van der Waals surface area (Å²) in [5.74, 6) is -0.694. The lowest BCUT2D eigenvalue weighted by molar-refractivity contribution is -0.144. The van der Waals surface area contributed by atoms with E-state index < -0.39 is 0 Å². The first kappa shape index (κ1) is 19.2. The summed E-state index contributed by atoms with van der Waals surface area (Å²) in [7, 11) is 0. The maximum absolute atomic E-state index is 13.0. The van der Waals surface area contributed by atoms with Gasteiger partial charge in [-0.05, 0) is 43.5 Å². The first-order chi connectivity index (χ1) is 12.1. The Morgan fingerprint density at radius 1 is 1.20 bits per heavy atom. The quantitative estimate of drug-likeness (QED) is 0.554. The minimum Gasteiger partial charge on any atom is -0.466 e. The number of hydrogen-bond acceptors (Lipinski definition) is 3. The van der Waals surface area contributed by atoms with Gasteiger partial charge in [0, 0.05) is 18.7 Å². The zero-order valence-electron chi connectivity index (χ0n) is 14.7. The van der Waals surface area contributed by atoms with Crippen LogP contribution in [0.3, 0.4) is 0 Å². The number of ether oxygens (including phenoxy) is 1. The van der Waals surface area contributed by atoms with E-state index >= 15 is 0 Å². The summed E-state index contributed by atoms with van der Waals surface area (Å²) < 4.78 is 17.9.